The van der Waals surface area contributed by atoms with Crippen LogP contribution < -0.4 is 0 Å². The number of aryl methyl sites for hydroxylation is 1. The van der Waals surface area contributed by atoms with E-state index in [1.165, 1.54) is 21.7 Å². The minimum absolute atomic E-state index is 0.122. The van der Waals surface area contributed by atoms with E-state index in [4.69, 9.17) is 16.7 Å². The number of benzene rings is 1. The zero-order valence-electron chi connectivity index (χ0n) is 12.4. The van der Waals surface area contributed by atoms with E-state index in [1.807, 2.05) is 0 Å². The summed E-state index contributed by atoms with van der Waals surface area (Å²) in [6.07, 6.45) is 0. The summed E-state index contributed by atoms with van der Waals surface area (Å²) in [5, 5.41) is 13.4. The van der Waals surface area contributed by atoms with Crippen LogP contribution in [0, 0.1) is 12.7 Å². The topological polar surface area (TPSA) is 58.4 Å². The van der Waals surface area contributed by atoms with Gasteiger partial charge in [0.15, 0.2) is 0 Å². The molecule has 1 aromatic carbocycles. The molecule has 5 nitrogen and oxygen atoms in total. The Labute approximate surface area is 132 Å². The Kier molecular flexibility index (Phi) is 5.15. The van der Waals surface area contributed by atoms with Gasteiger partial charge in [-0.1, -0.05) is 23.7 Å². The van der Waals surface area contributed by atoms with Crippen molar-refractivity contribution in [1.29, 1.82) is 0 Å². The van der Waals surface area contributed by atoms with Crippen molar-refractivity contribution in [3.05, 3.63) is 52.1 Å². The number of amides is 1. The number of nitrogens with zero attached hydrogens (tertiary/aromatic N) is 3. The van der Waals surface area contributed by atoms with E-state index >= 15 is 0 Å². The van der Waals surface area contributed by atoms with Crippen LogP contribution in [0.15, 0.2) is 24.3 Å². The molecule has 0 aliphatic rings. The summed E-state index contributed by atoms with van der Waals surface area (Å²) in [4.78, 5) is 13.7. The molecule has 0 aliphatic carbocycles. The Morgan fingerprint density at radius 3 is 2.64 bits per heavy atom. The van der Waals surface area contributed by atoms with Crippen molar-refractivity contribution in [3.63, 3.8) is 0 Å². The van der Waals surface area contributed by atoms with Crippen LogP contribution >= 0.6 is 11.6 Å². The van der Waals surface area contributed by atoms with E-state index in [0.29, 0.717) is 17.8 Å². The summed E-state index contributed by atoms with van der Waals surface area (Å²) in [5.74, 6) is -0.602. The fourth-order valence-corrected chi connectivity index (χ4v) is 2.42. The molecule has 0 unspecified atom stereocenters. The lowest BCUT2D eigenvalue weighted by Crippen LogP contribution is -2.30. The van der Waals surface area contributed by atoms with Gasteiger partial charge in [0.1, 0.15) is 11.0 Å². The fraction of sp³-hybridized carbons (Fsp3) is 0.333. The molecule has 1 heterocycles. The van der Waals surface area contributed by atoms with E-state index in [0.717, 1.165) is 5.56 Å². The van der Waals surface area contributed by atoms with Crippen LogP contribution in [-0.4, -0.2) is 45.9 Å². The average Bonchev–Trinajstić information content (AvgIpc) is 2.75. The van der Waals surface area contributed by atoms with Crippen LogP contribution in [0.25, 0.3) is 0 Å². The Bertz CT molecular complexity index is 670. The SMILES string of the molecule is Cc1nn(Cc2ccc(F)cc2)c(Cl)c1C(=O)N(C)CCO. The monoisotopic (exact) mass is 325 g/mol. The van der Waals surface area contributed by atoms with Crippen LogP contribution in [0.2, 0.25) is 5.15 Å². The van der Waals surface area contributed by atoms with Gasteiger partial charge >= 0.3 is 0 Å². The molecular weight excluding hydrogens is 309 g/mol. The van der Waals surface area contributed by atoms with Crippen LogP contribution in [0.3, 0.4) is 0 Å². The second kappa shape index (κ2) is 6.89. The fourth-order valence-electron chi connectivity index (χ4n) is 2.11. The number of rotatable bonds is 5. The van der Waals surface area contributed by atoms with Crippen molar-refractivity contribution < 1.29 is 14.3 Å². The predicted octanol–water partition coefficient (Wildman–Crippen LogP) is 2.10. The van der Waals surface area contributed by atoms with E-state index < -0.39 is 0 Å². The van der Waals surface area contributed by atoms with E-state index in [9.17, 15) is 9.18 Å². The molecule has 0 saturated carbocycles. The minimum Gasteiger partial charge on any atom is -0.395 e. The minimum atomic E-state index is -0.312. The highest BCUT2D eigenvalue weighted by Gasteiger charge is 2.23. The summed E-state index contributed by atoms with van der Waals surface area (Å²) in [6.45, 7) is 2.14. The Balaban J connectivity index is 2.26. The molecule has 0 atom stereocenters. The Morgan fingerprint density at radius 2 is 2.05 bits per heavy atom. The van der Waals surface area contributed by atoms with Crippen molar-refractivity contribution in [2.75, 3.05) is 20.2 Å². The lowest BCUT2D eigenvalue weighted by molar-refractivity contribution is 0.0766. The number of aromatic nitrogens is 2. The number of aliphatic hydroxyl groups is 1. The van der Waals surface area contributed by atoms with Gasteiger partial charge in [-0.2, -0.15) is 5.10 Å². The maximum atomic E-state index is 12.9. The number of carbonyl (C=O) groups excluding carboxylic acids is 1. The smallest absolute Gasteiger partial charge is 0.258 e. The standard InChI is InChI=1S/C15H17ClFN3O2/c1-10-13(15(22)19(2)7-8-21)14(16)20(18-10)9-11-3-5-12(17)6-4-11/h3-6,21H,7-9H2,1-2H3. The van der Waals surface area contributed by atoms with Gasteiger partial charge in [-0.15, -0.1) is 0 Å². The molecule has 118 valence electrons. The van der Waals surface area contributed by atoms with Gasteiger partial charge in [-0.3, -0.25) is 4.79 Å². The molecule has 0 radical (unpaired) electrons. The molecule has 0 bridgehead atoms. The number of carbonyl (C=O) groups is 1. The summed E-state index contributed by atoms with van der Waals surface area (Å²) >= 11 is 6.27. The summed E-state index contributed by atoms with van der Waals surface area (Å²) in [5.41, 5.74) is 1.66. The molecule has 1 amide bonds. The van der Waals surface area contributed by atoms with E-state index in [2.05, 4.69) is 5.10 Å². The largest absolute Gasteiger partial charge is 0.395 e. The molecule has 0 fully saturated rings. The molecule has 0 saturated heterocycles. The van der Waals surface area contributed by atoms with Crippen molar-refractivity contribution in [2.24, 2.45) is 0 Å². The molecule has 0 aliphatic heterocycles. The lowest BCUT2D eigenvalue weighted by Gasteiger charge is -2.15. The highest BCUT2D eigenvalue weighted by Crippen LogP contribution is 2.22. The molecule has 1 N–H and O–H groups in total. The molecule has 7 heteroatoms. The maximum absolute atomic E-state index is 12.9. The number of likely N-dealkylation sites (N-methyl/N-ethyl adjacent to an activating group) is 1. The van der Waals surface area contributed by atoms with Crippen molar-refractivity contribution >= 4 is 17.5 Å². The second-order valence-electron chi connectivity index (χ2n) is 4.99. The van der Waals surface area contributed by atoms with E-state index in [1.54, 1.807) is 26.1 Å². The Hall–Kier alpha value is -1.92. The molecular formula is C15H17ClFN3O2. The molecule has 2 rings (SSSR count). The van der Waals surface area contributed by atoms with Crippen molar-refractivity contribution in [1.82, 2.24) is 14.7 Å². The highest BCUT2D eigenvalue weighted by atomic mass is 35.5. The zero-order chi connectivity index (χ0) is 16.3. The van der Waals surface area contributed by atoms with Gasteiger partial charge in [-0.25, -0.2) is 9.07 Å². The molecule has 2 aromatic rings. The van der Waals surface area contributed by atoms with Crippen LogP contribution in [0.1, 0.15) is 21.6 Å². The van der Waals surface area contributed by atoms with Crippen molar-refractivity contribution in [2.45, 2.75) is 13.5 Å². The quantitative estimate of drug-likeness (QED) is 0.916. The first-order valence-electron chi connectivity index (χ1n) is 6.77. The highest BCUT2D eigenvalue weighted by molar-refractivity contribution is 6.33. The van der Waals surface area contributed by atoms with Gasteiger partial charge in [-0.05, 0) is 24.6 Å². The van der Waals surface area contributed by atoms with Crippen LogP contribution in [0.4, 0.5) is 4.39 Å². The summed E-state index contributed by atoms with van der Waals surface area (Å²) in [6, 6.07) is 6.01. The third-order valence-corrected chi connectivity index (χ3v) is 3.69. The van der Waals surface area contributed by atoms with Crippen LogP contribution in [-0.2, 0) is 6.54 Å². The molecule has 1 aromatic heterocycles. The first-order valence-corrected chi connectivity index (χ1v) is 7.15. The zero-order valence-corrected chi connectivity index (χ0v) is 13.1. The number of hydrogen-bond acceptors (Lipinski definition) is 3. The predicted molar refractivity (Wildman–Crippen MR) is 81.5 cm³/mol. The number of aliphatic hydroxyl groups excluding tert-OH is 1. The first kappa shape index (κ1) is 16.5. The molecule has 0 spiro atoms. The van der Waals surface area contributed by atoms with Gasteiger partial charge in [0.2, 0.25) is 0 Å². The normalized spacial score (nSPS) is 10.8. The average molecular weight is 326 g/mol. The first-order chi connectivity index (χ1) is 10.4. The third kappa shape index (κ3) is 3.45. The second-order valence-corrected chi connectivity index (χ2v) is 5.34. The Morgan fingerprint density at radius 1 is 1.41 bits per heavy atom. The number of halogens is 2. The summed E-state index contributed by atoms with van der Waals surface area (Å²) < 4.78 is 14.4. The van der Waals surface area contributed by atoms with Gasteiger partial charge in [0.25, 0.3) is 5.91 Å². The van der Waals surface area contributed by atoms with E-state index in [-0.39, 0.29) is 30.0 Å². The summed E-state index contributed by atoms with van der Waals surface area (Å²) in [7, 11) is 1.59. The van der Waals surface area contributed by atoms with Gasteiger partial charge in [0.05, 0.1) is 24.4 Å². The molecule has 22 heavy (non-hydrogen) atoms. The van der Waals surface area contributed by atoms with Gasteiger partial charge in [0, 0.05) is 13.6 Å². The maximum Gasteiger partial charge on any atom is 0.258 e. The van der Waals surface area contributed by atoms with Crippen molar-refractivity contribution in [3.8, 4) is 0 Å². The van der Waals surface area contributed by atoms with Gasteiger partial charge < -0.3 is 10.0 Å². The van der Waals surface area contributed by atoms with Crippen LogP contribution in [0.5, 0.6) is 0 Å². The lowest BCUT2D eigenvalue weighted by atomic mass is 10.2. The number of hydrogen-bond donors (Lipinski definition) is 1. The third-order valence-electron chi connectivity index (χ3n) is 3.31.